The van der Waals surface area contributed by atoms with Crippen LogP contribution in [0.2, 0.25) is 10.2 Å². The first-order valence-corrected chi connectivity index (χ1v) is 7.21. The third-order valence-corrected chi connectivity index (χ3v) is 3.49. The van der Waals surface area contributed by atoms with Gasteiger partial charge < -0.3 is 10.6 Å². The van der Waals surface area contributed by atoms with Crippen molar-refractivity contribution in [2.24, 2.45) is 0 Å². The molecule has 4 nitrogen and oxygen atoms in total. The first-order valence-electron chi connectivity index (χ1n) is 6.45. The van der Waals surface area contributed by atoms with Gasteiger partial charge in [-0.3, -0.25) is 4.79 Å². The van der Waals surface area contributed by atoms with Gasteiger partial charge in [0.25, 0.3) is 0 Å². The Bertz CT molecular complexity index is 634. The number of pyridine rings is 1. The zero-order valence-corrected chi connectivity index (χ0v) is 12.9. The lowest BCUT2D eigenvalue weighted by atomic mass is 10.1. The van der Waals surface area contributed by atoms with E-state index in [1.165, 1.54) is 0 Å². The number of halogens is 2. The van der Waals surface area contributed by atoms with E-state index < -0.39 is 0 Å². The Morgan fingerprint density at radius 1 is 1.29 bits per heavy atom. The molecule has 0 unspecified atom stereocenters. The van der Waals surface area contributed by atoms with Crippen LogP contribution in [0.3, 0.4) is 0 Å². The van der Waals surface area contributed by atoms with Crippen molar-refractivity contribution in [2.75, 3.05) is 11.9 Å². The van der Waals surface area contributed by atoms with Crippen molar-refractivity contribution in [3.63, 3.8) is 0 Å². The van der Waals surface area contributed by atoms with Crippen LogP contribution in [0.5, 0.6) is 0 Å². The maximum Gasteiger partial charge on any atom is 0.238 e. The summed E-state index contributed by atoms with van der Waals surface area (Å²) in [7, 11) is 0. The molecule has 2 N–H and O–H groups in total. The van der Waals surface area contributed by atoms with Crippen LogP contribution in [0.1, 0.15) is 18.5 Å². The molecule has 1 heterocycles. The van der Waals surface area contributed by atoms with Gasteiger partial charge in [-0.15, -0.1) is 0 Å². The number of carbonyl (C=O) groups excluding carboxylic acids is 1. The lowest BCUT2D eigenvalue weighted by molar-refractivity contribution is -0.115. The lowest BCUT2D eigenvalue weighted by Gasteiger charge is -2.14. The van der Waals surface area contributed by atoms with Crippen LogP contribution in [0, 0.1) is 0 Å². The third kappa shape index (κ3) is 4.70. The van der Waals surface area contributed by atoms with Crippen LogP contribution in [0.15, 0.2) is 42.6 Å². The molecule has 1 atom stereocenters. The van der Waals surface area contributed by atoms with Crippen molar-refractivity contribution in [3.8, 4) is 0 Å². The fourth-order valence-corrected chi connectivity index (χ4v) is 2.18. The number of hydrogen-bond donors (Lipinski definition) is 2. The van der Waals surface area contributed by atoms with Crippen molar-refractivity contribution in [1.82, 2.24) is 10.3 Å². The highest BCUT2D eigenvalue weighted by molar-refractivity contribution is 6.32. The first-order chi connectivity index (χ1) is 10.1. The van der Waals surface area contributed by atoms with E-state index in [-0.39, 0.29) is 23.6 Å². The topological polar surface area (TPSA) is 54.0 Å². The molecule has 1 aromatic carbocycles. The maximum absolute atomic E-state index is 11.9. The number of nitrogens with one attached hydrogen (secondary N) is 2. The van der Waals surface area contributed by atoms with Crippen molar-refractivity contribution in [1.29, 1.82) is 0 Å². The van der Waals surface area contributed by atoms with Gasteiger partial charge in [-0.05, 0) is 36.8 Å². The zero-order chi connectivity index (χ0) is 15.2. The Labute approximate surface area is 133 Å². The third-order valence-electron chi connectivity index (χ3n) is 2.95. The highest BCUT2D eigenvalue weighted by Gasteiger charge is 2.09. The van der Waals surface area contributed by atoms with Gasteiger partial charge in [0.15, 0.2) is 5.15 Å². The number of hydrogen-bond acceptors (Lipinski definition) is 3. The molecule has 0 radical (unpaired) electrons. The van der Waals surface area contributed by atoms with Gasteiger partial charge in [0.05, 0.1) is 12.2 Å². The average Bonchev–Trinajstić information content (AvgIpc) is 2.47. The number of aromatic nitrogens is 1. The number of nitrogens with zero attached hydrogens (tertiary/aromatic N) is 1. The molecular weight excluding hydrogens is 309 g/mol. The quantitative estimate of drug-likeness (QED) is 0.825. The molecule has 0 aliphatic heterocycles. The molecule has 0 spiro atoms. The predicted octanol–water partition coefficient (Wildman–Crippen LogP) is 3.68. The van der Waals surface area contributed by atoms with E-state index >= 15 is 0 Å². The number of amides is 1. The van der Waals surface area contributed by atoms with E-state index in [1.54, 1.807) is 18.3 Å². The van der Waals surface area contributed by atoms with E-state index in [0.29, 0.717) is 10.7 Å². The lowest BCUT2D eigenvalue weighted by Crippen LogP contribution is -2.30. The minimum atomic E-state index is -0.182. The molecule has 0 aliphatic rings. The van der Waals surface area contributed by atoms with Gasteiger partial charge in [0.1, 0.15) is 0 Å². The van der Waals surface area contributed by atoms with Crippen LogP contribution in [0.4, 0.5) is 5.69 Å². The standard InChI is InChI=1S/C15H15Cl2N3O/c1-10(11-4-2-5-12(16)8-11)19-9-14(21)20-13-6-3-7-18-15(13)17/h2-8,10,19H,9H2,1H3,(H,20,21)/t10-/m1/s1. The second-order valence-corrected chi connectivity index (χ2v) is 5.34. The molecule has 0 saturated heterocycles. The molecular formula is C15H15Cl2N3O. The second-order valence-electron chi connectivity index (χ2n) is 4.55. The van der Waals surface area contributed by atoms with Gasteiger partial charge in [-0.25, -0.2) is 4.98 Å². The Hall–Kier alpha value is -1.62. The molecule has 21 heavy (non-hydrogen) atoms. The van der Waals surface area contributed by atoms with Gasteiger partial charge >= 0.3 is 0 Å². The van der Waals surface area contributed by atoms with Crippen LogP contribution in [0.25, 0.3) is 0 Å². The number of benzene rings is 1. The van der Waals surface area contributed by atoms with Crippen LogP contribution >= 0.6 is 23.2 Å². The summed E-state index contributed by atoms with van der Waals surface area (Å²) in [5, 5.41) is 6.78. The Kier molecular flexibility index (Phi) is 5.56. The summed E-state index contributed by atoms with van der Waals surface area (Å²) >= 11 is 11.8. The molecule has 2 aromatic rings. The zero-order valence-electron chi connectivity index (χ0n) is 11.4. The van der Waals surface area contributed by atoms with E-state index in [9.17, 15) is 4.79 Å². The minimum Gasteiger partial charge on any atom is -0.322 e. The Morgan fingerprint density at radius 2 is 2.10 bits per heavy atom. The molecule has 1 aromatic heterocycles. The minimum absolute atomic E-state index is 0.0128. The summed E-state index contributed by atoms with van der Waals surface area (Å²) in [6, 6.07) is 10.9. The number of anilines is 1. The van der Waals surface area contributed by atoms with E-state index in [0.717, 1.165) is 5.56 Å². The number of carbonyl (C=O) groups is 1. The van der Waals surface area contributed by atoms with Gasteiger partial charge in [-0.2, -0.15) is 0 Å². The summed E-state index contributed by atoms with van der Waals surface area (Å²) in [6.45, 7) is 2.13. The van der Waals surface area contributed by atoms with Gasteiger partial charge in [0, 0.05) is 17.3 Å². The molecule has 6 heteroatoms. The maximum atomic E-state index is 11.9. The number of rotatable bonds is 5. The van der Waals surface area contributed by atoms with Crippen molar-refractivity contribution in [3.05, 3.63) is 58.3 Å². The van der Waals surface area contributed by atoms with E-state index in [2.05, 4.69) is 15.6 Å². The highest BCUT2D eigenvalue weighted by Crippen LogP contribution is 2.18. The summed E-state index contributed by atoms with van der Waals surface area (Å²) < 4.78 is 0. The Morgan fingerprint density at radius 3 is 2.81 bits per heavy atom. The van der Waals surface area contributed by atoms with Crippen LogP contribution in [-0.4, -0.2) is 17.4 Å². The van der Waals surface area contributed by atoms with Crippen LogP contribution in [-0.2, 0) is 4.79 Å². The summed E-state index contributed by atoms with van der Waals surface area (Å²) in [5.41, 5.74) is 1.52. The van der Waals surface area contributed by atoms with Crippen molar-refractivity contribution in [2.45, 2.75) is 13.0 Å². The molecule has 0 bridgehead atoms. The fourth-order valence-electron chi connectivity index (χ4n) is 1.81. The fraction of sp³-hybridized carbons (Fsp3) is 0.200. The molecule has 0 aliphatic carbocycles. The molecule has 0 saturated carbocycles. The highest BCUT2D eigenvalue weighted by atomic mass is 35.5. The van der Waals surface area contributed by atoms with E-state index in [4.69, 9.17) is 23.2 Å². The summed E-state index contributed by atoms with van der Waals surface area (Å²) in [4.78, 5) is 15.8. The predicted molar refractivity (Wildman–Crippen MR) is 85.7 cm³/mol. The van der Waals surface area contributed by atoms with Crippen molar-refractivity contribution < 1.29 is 4.79 Å². The monoisotopic (exact) mass is 323 g/mol. The largest absolute Gasteiger partial charge is 0.322 e. The smallest absolute Gasteiger partial charge is 0.238 e. The second kappa shape index (κ2) is 7.41. The molecule has 2 rings (SSSR count). The van der Waals surface area contributed by atoms with Gasteiger partial charge in [-0.1, -0.05) is 35.3 Å². The average molecular weight is 324 g/mol. The summed E-state index contributed by atoms with van der Waals surface area (Å²) in [5.74, 6) is -0.182. The van der Waals surface area contributed by atoms with E-state index in [1.807, 2.05) is 31.2 Å². The van der Waals surface area contributed by atoms with Crippen molar-refractivity contribution >= 4 is 34.8 Å². The van der Waals surface area contributed by atoms with Crippen LogP contribution < -0.4 is 10.6 Å². The Balaban J connectivity index is 1.88. The SMILES string of the molecule is C[C@@H](NCC(=O)Nc1cccnc1Cl)c1cccc(Cl)c1. The van der Waals surface area contributed by atoms with Gasteiger partial charge in [0.2, 0.25) is 5.91 Å². The molecule has 1 amide bonds. The summed E-state index contributed by atoms with van der Waals surface area (Å²) in [6.07, 6.45) is 1.57. The molecule has 0 fully saturated rings. The first kappa shape index (κ1) is 15.8. The normalized spacial score (nSPS) is 12.0. The molecule has 110 valence electrons.